The van der Waals surface area contributed by atoms with Gasteiger partial charge in [0.25, 0.3) is 5.91 Å². The van der Waals surface area contributed by atoms with E-state index in [0.717, 1.165) is 6.20 Å². The Bertz CT molecular complexity index is 1360. The fourth-order valence-corrected chi connectivity index (χ4v) is 3.53. The lowest BCUT2D eigenvalue weighted by Crippen LogP contribution is -2.15. The third-order valence-corrected chi connectivity index (χ3v) is 6.04. The molecule has 0 unspecified atom stereocenters. The van der Waals surface area contributed by atoms with Crippen molar-refractivity contribution < 1.29 is 13.9 Å². The number of thiol groups is 3. The summed E-state index contributed by atoms with van der Waals surface area (Å²) >= 11 is 18.1. The van der Waals surface area contributed by atoms with Crippen molar-refractivity contribution in [1.82, 2.24) is 24.6 Å². The van der Waals surface area contributed by atoms with E-state index in [1.165, 1.54) is 35.4 Å². The molecular weight excluding hydrogens is 467 g/mol. The van der Waals surface area contributed by atoms with Gasteiger partial charge in [-0.15, -0.1) is 37.9 Å². The number of halogens is 1. The van der Waals surface area contributed by atoms with Crippen LogP contribution in [0.5, 0.6) is 11.5 Å². The van der Waals surface area contributed by atoms with Crippen LogP contribution in [0.3, 0.4) is 0 Å². The number of H-pyrrole nitrogens is 1. The van der Waals surface area contributed by atoms with Crippen LogP contribution in [0, 0.1) is 10.5 Å². The third kappa shape index (κ3) is 4.01. The average Bonchev–Trinajstić information content (AvgIpc) is 3.18. The molecule has 4 aromatic heterocycles. The standard InChI is InChI=1S/C17H11FN6O2S4/c18-7-1-8(4-19-3-7)26-9-2-10(15-20-6-21-24(15)5-9)16(25)22-14-12(28)11(27)13(29)17(30)23-14/h1-6,28-29H,(H3,22,23,25,27,30). The molecule has 152 valence electrons. The molecule has 13 heteroatoms. The second-order valence-corrected chi connectivity index (χ2v) is 7.64. The van der Waals surface area contributed by atoms with Crippen LogP contribution in [0.25, 0.3) is 5.65 Å². The molecule has 0 spiro atoms. The van der Waals surface area contributed by atoms with Crippen molar-refractivity contribution in [3.8, 4) is 11.5 Å². The molecule has 30 heavy (non-hydrogen) atoms. The SMILES string of the molecule is O=C(Nc1[nH]c(=S)c(S)c(S)c1S)c1cc(Oc2cncc(F)c2)cn2ncnc12. The van der Waals surface area contributed by atoms with E-state index >= 15 is 0 Å². The second-order valence-electron chi connectivity index (χ2n) is 5.89. The molecular formula is C17H11FN6O2S4. The van der Waals surface area contributed by atoms with Crippen LogP contribution >= 0.6 is 50.1 Å². The van der Waals surface area contributed by atoms with Gasteiger partial charge in [-0.2, -0.15) is 5.10 Å². The van der Waals surface area contributed by atoms with Gasteiger partial charge in [-0.05, 0) is 6.07 Å². The van der Waals surface area contributed by atoms with Crippen LogP contribution < -0.4 is 10.1 Å². The number of carbonyl (C=O) groups excluding carboxylic acids is 1. The smallest absolute Gasteiger partial charge is 0.260 e. The van der Waals surface area contributed by atoms with Crippen molar-refractivity contribution in [3.05, 3.63) is 53.1 Å². The second kappa shape index (κ2) is 8.26. The molecule has 0 aliphatic heterocycles. The topological polar surface area (TPSA) is 97.2 Å². The molecule has 8 nitrogen and oxygen atoms in total. The first kappa shape index (κ1) is 20.7. The lowest BCUT2D eigenvalue weighted by molar-refractivity contribution is 0.102. The summed E-state index contributed by atoms with van der Waals surface area (Å²) in [5, 5.41) is 6.73. The number of aromatic nitrogens is 5. The zero-order valence-electron chi connectivity index (χ0n) is 14.7. The maximum atomic E-state index is 13.4. The summed E-state index contributed by atoms with van der Waals surface area (Å²) in [6.45, 7) is 0. The van der Waals surface area contributed by atoms with E-state index in [1.807, 2.05) is 0 Å². The first-order valence-corrected chi connectivity index (χ1v) is 9.89. The number of ether oxygens (including phenoxy) is 1. The highest BCUT2D eigenvalue weighted by atomic mass is 32.1. The molecule has 0 bridgehead atoms. The Hall–Kier alpha value is -2.61. The highest BCUT2D eigenvalue weighted by Crippen LogP contribution is 2.32. The molecule has 0 atom stereocenters. The highest BCUT2D eigenvalue weighted by Gasteiger charge is 2.18. The van der Waals surface area contributed by atoms with Crippen molar-refractivity contribution in [2.75, 3.05) is 5.32 Å². The monoisotopic (exact) mass is 478 g/mol. The minimum Gasteiger partial charge on any atom is -0.454 e. The molecule has 4 aromatic rings. The summed E-state index contributed by atoms with van der Waals surface area (Å²) in [6.07, 6.45) is 5.19. The summed E-state index contributed by atoms with van der Waals surface area (Å²) in [5.74, 6) is -0.457. The highest BCUT2D eigenvalue weighted by molar-refractivity contribution is 7.85. The van der Waals surface area contributed by atoms with E-state index in [4.69, 9.17) is 17.0 Å². The number of fused-ring (bicyclic) bond motifs is 1. The van der Waals surface area contributed by atoms with Gasteiger partial charge in [0.2, 0.25) is 0 Å². The number of aromatic amines is 1. The Morgan fingerprint density at radius 1 is 1.17 bits per heavy atom. The van der Waals surface area contributed by atoms with Gasteiger partial charge in [0.15, 0.2) is 5.65 Å². The molecule has 2 N–H and O–H groups in total. The van der Waals surface area contributed by atoms with E-state index < -0.39 is 11.7 Å². The Balaban J connectivity index is 1.72. The third-order valence-electron chi connectivity index (χ3n) is 3.89. The van der Waals surface area contributed by atoms with E-state index in [9.17, 15) is 9.18 Å². The fraction of sp³-hybridized carbons (Fsp3) is 0. The number of anilines is 1. The van der Waals surface area contributed by atoms with Crippen LogP contribution in [0.2, 0.25) is 0 Å². The number of rotatable bonds is 4. The molecule has 0 aliphatic carbocycles. The van der Waals surface area contributed by atoms with Crippen molar-refractivity contribution in [2.24, 2.45) is 0 Å². The van der Waals surface area contributed by atoms with Gasteiger partial charge < -0.3 is 15.0 Å². The zero-order chi connectivity index (χ0) is 21.4. The van der Waals surface area contributed by atoms with Gasteiger partial charge in [0, 0.05) is 11.0 Å². The van der Waals surface area contributed by atoms with Gasteiger partial charge in [-0.3, -0.25) is 9.78 Å². The largest absolute Gasteiger partial charge is 0.454 e. The minimum atomic E-state index is -0.556. The zero-order valence-corrected chi connectivity index (χ0v) is 18.2. The van der Waals surface area contributed by atoms with Crippen molar-refractivity contribution in [2.45, 2.75) is 14.7 Å². The molecule has 0 aromatic carbocycles. The maximum absolute atomic E-state index is 13.4. The van der Waals surface area contributed by atoms with E-state index in [1.54, 1.807) is 0 Å². The predicted octanol–water partition coefficient (Wildman–Crippen LogP) is 4.23. The molecule has 0 saturated heterocycles. The minimum absolute atomic E-state index is 0.150. The van der Waals surface area contributed by atoms with Crippen LogP contribution in [0.4, 0.5) is 10.2 Å². The van der Waals surface area contributed by atoms with Crippen molar-refractivity contribution in [3.63, 3.8) is 0 Å². The Morgan fingerprint density at radius 2 is 1.97 bits per heavy atom. The lowest BCUT2D eigenvalue weighted by Gasteiger charge is -2.12. The molecule has 4 heterocycles. The molecule has 0 radical (unpaired) electrons. The average molecular weight is 479 g/mol. The molecule has 0 saturated carbocycles. The van der Waals surface area contributed by atoms with Gasteiger partial charge in [-0.1, -0.05) is 12.2 Å². The number of hydrogen-bond acceptors (Lipinski definition) is 9. The Morgan fingerprint density at radius 3 is 2.73 bits per heavy atom. The summed E-state index contributed by atoms with van der Waals surface area (Å²) < 4.78 is 20.7. The number of nitrogens with zero attached hydrogens (tertiary/aromatic N) is 4. The fourth-order valence-electron chi connectivity index (χ4n) is 2.55. The van der Waals surface area contributed by atoms with Crippen LogP contribution in [0.1, 0.15) is 10.4 Å². The number of nitrogens with one attached hydrogen (secondary N) is 2. The Kier molecular flexibility index (Phi) is 5.69. The normalized spacial score (nSPS) is 10.9. The first-order chi connectivity index (χ1) is 14.3. The van der Waals surface area contributed by atoms with Crippen molar-refractivity contribution in [1.29, 1.82) is 0 Å². The van der Waals surface area contributed by atoms with Crippen LogP contribution in [-0.2, 0) is 0 Å². The predicted molar refractivity (Wildman–Crippen MR) is 119 cm³/mol. The molecule has 0 fully saturated rings. The number of carbonyl (C=O) groups is 1. The molecule has 0 aliphatic rings. The van der Waals surface area contributed by atoms with Gasteiger partial charge in [0.1, 0.15) is 34.1 Å². The van der Waals surface area contributed by atoms with Crippen LogP contribution in [-0.4, -0.2) is 30.5 Å². The van der Waals surface area contributed by atoms with E-state index in [2.05, 4.69) is 63.3 Å². The van der Waals surface area contributed by atoms with Gasteiger partial charge in [-0.25, -0.2) is 13.9 Å². The van der Waals surface area contributed by atoms with E-state index in [0.29, 0.717) is 19.3 Å². The molecule has 4 rings (SSSR count). The number of amides is 1. The molecule has 1 amide bonds. The lowest BCUT2D eigenvalue weighted by atomic mass is 10.2. The summed E-state index contributed by atoms with van der Waals surface area (Å²) in [7, 11) is 0. The maximum Gasteiger partial charge on any atom is 0.260 e. The Labute approximate surface area is 190 Å². The van der Waals surface area contributed by atoms with E-state index in [-0.39, 0.29) is 28.5 Å². The summed E-state index contributed by atoms with van der Waals surface area (Å²) in [4.78, 5) is 24.9. The number of pyridine rings is 3. The quantitative estimate of drug-likeness (QED) is 0.223. The van der Waals surface area contributed by atoms with Gasteiger partial charge >= 0.3 is 0 Å². The van der Waals surface area contributed by atoms with Crippen molar-refractivity contribution >= 4 is 67.5 Å². The van der Waals surface area contributed by atoms with Gasteiger partial charge in [0.05, 0.1) is 33.9 Å². The number of hydrogen-bond donors (Lipinski definition) is 5. The summed E-state index contributed by atoms with van der Waals surface area (Å²) in [6, 6.07) is 2.62. The first-order valence-electron chi connectivity index (χ1n) is 8.14. The van der Waals surface area contributed by atoms with Crippen LogP contribution in [0.15, 0.2) is 51.7 Å². The summed E-state index contributed by atoms with van der Waals surface area (Å²) in [5.41, 5.74) is 0.436.